The van der Waals surface area contributed by atoms with Crippen molar-refractivity contribution < 1.29 is 0 Å². The van der Waals surface area contributed by atoms with Gasteiger partial charge in [0.1, 0.15) is 0 Å². The molecule has 17 heavy (non-hydrogen) atoms. The Bertz CT molecular complexity index is 392. The van der Waals surface area contributed by atoms with Crippen LogP contribution in [0.4, 0.5) is 0 Å². The van der Waals surface area contributed by atoms with E-state index in [0.29, 0.717) is 6.04 Å². The van der Waals surface area contributed by atoms with E-state index >= 15 is 0 Å². The van der Waals surface area contributed by atoms with E-state index in [0.717, 1.165) is 24.1 Å². The molecule has 1 unspecified atom stereocenters. The fourth-order valence-electron chi connectivity index (χ4n) is 2.22. The molecule has 1 fully saturated rings. The summed E-state index contributed by atoms with van der Waals surface area (Å²) in [6, 6.07) is 2.71. The average molecular weight is 298 g/mol. The molecular weight excluding hydrogens is 278 g/mol. The Morgan fingerprint density at radius 3 is 3.00 bits per heavy atom. The topological polar surface area (TPSA) is 28.2 Å². The molecule has 2 heterocycles. The number of rotatable bonds is 2. The smallest absolute Gasteiger partial charge is 0.0410 e. The standard InChI is InChI=1S/C13H20BrN3/c1-10-7-17(13(2,3)9-16-10)8-11-4-12(14)6-15-5-11/h4-6,10,16H,7-9H2,1-3H3. The molecule has 1 N–H and O–H groups in total. The summed E-state index contributed by atoms with van der Waals surface area (Å²) in [7, 11) is 0. The fourth-order valence-corrected chi connectivity index (χ4v) is 2.63. The highest BCUT2D eigenvalue weighted by Crippen LogP contribution is 2.22. The quantitative estimate of drug-likeness (QED) is 0.909. The van der Waals surface area contributed by atoms with E-state index in [2.05, 4.69) is 58.0 Å². The van der Waals surface area contributed by atoms with Crippen LogP contribution in [0, 0.1) is 0 Å². The number of piperazine rings is 1. The first-order chi connectivity index (χ1) is 7.97. The zero-order chi connectivity index (χ0) is 12.5. The van der Waals surface area contributed by atoms with Crippen molar-refractivity contribution in [3.05, 3.63) is 28.5 Å². The van der Waals surface area contributed by atoms with Gasteiger partial charge in [-0.1, -0.05) is 0 Å². The third-order valence-electron chi connectivity index (χ3n) is 3.37. The number of hydrogen-bond donors (Lipinski definition) is 1. The highest BCUT2D eigenvalue weighted by Gasteiger charge is 2.32. The minimum Gasteiger partial charge on any atom is -0.311 e. The van der Waals surface area contributed by atoms with Gasteiger partial charge in [0.2, 0.25) is 0 Å². The van der Waals surface area contributed by atoms with Crippen molar-refractivity contribution in [1.82, 2.24) is 15.2 Å². The number of nitrogens with zero attached hydrogens (tertiary/aromatic N) is 2. The van der Waals surface area contributed by atoms with Crippen molar-refractivity contribution in [1.29, 1.82) is 0 Å². The maximum atomic E-state index is 4.23. The maximum Gasteiger partial charge on any atom is 0.0410 e. The molecule has 1 aromatic rings. The van der Waals surface area contributed by atoms with Gasteiger partial charge < -0.3 is 5.32 Å². The van der Waals surface area contributed by atoms with Crippen LogP contribution in [0.25, 0.3) is 0 Å². The van der Waals surface area contributed by atoms with Crippen LogP contribution in [0.15, 0.2) is 22.9 Å². The van der Waals surface area contributed by atoms with Crippen molar-refractivity contribution in [3.8, 4) is 0 Å². The molecule has 2 rings (SSSR count). The van der Waals surface area contributed by atoms with Gasteiger partial charge in [0.15, 0.2) is 0 Å². The first-order valence-electron chi connectivity index (χ1n) is 6.05. The predicted octanol–water partition coefficient (Wildman–Crippen LogP) is 2.42. The molecule has 0 saturated carbocycles. The second-order valence-electron chi connectivity index (χ2n) is 5.49. The Labute approximate surface area is 112 Å². The molecule has 1 aliphatic rings. The molecule has 0 amide bonds. The molecule has 1 atom stereocenters. The third-order valence-corrected chi connectivity index (χ3v) is 3.80. The minimum atomic E-state index is 0.203. The fraction of sp³-hybridized carbons (Fsp3) is 0.615. The van der Waals surface area contributed by atoms with Crippen LogP contribution in [0.2, 0.25) is 0 Å². The molecule has 0 bridgehead atoms. The molecule has 0 aliphatic carbocycles. The number of aromatic nitrogens is 1. The van der Waals surface area contributed by atoms with Crippen molar-refractivity contribution in [2.24, 2.45) is 0 Å². The van der Waals surface area contributed by atoms with Gasteiger partial charge in [-0.3, -0.25) is 9.88 Å². The SMILES string of the molecule is CC1CN(Cc2cncc(Br)c2)C(C)(C)CN1. The highest BCUT2D eigenvalue weighted by atomic mass is 79.9. The van der Waals surface area contributed by atoms with E-state index in [1.54, 1.807) is 0 Å². The van der Waals surface area contributed by atoms with Crippen LogP contribution in [-0.2, 0) is 6.54 Å². The largest absolute Gasteiger partial charge is 0.311 e. The zero-order valence-electron chi connectivity index (χ0n) is 10.7. The van der Waals surface area contributed by atoms with Gasteiger partial charge in [0.05, 0.1) is 0 Å². The van der Waals surface area contributed by atoms with E-state index in [9.17, 15) is 0 Å². The Morgan fingerprint density at radius 1 is 1.53 bits per heavy atom. The summed E-state index contributed by atoms with van der Waals surface area (Å²) >= 11 is 3.47. The summed E-state index contributed by atoms with van der Waals surface area (Å²) in [4.78, 5) is 6.75. The lowest BCUT2D eigenvalue weighted by molar-refractivity contribution is 0.0625. The average Bonchev–Trinajstić information content (AvgIpc) is 2.24. The second-order valence-corrected chi connectivity index (χ2v) is 6.40. The number of pyridine rings is 1. The van der Waals surface area contributed by atoms with Gasteiger partial charge in [-0.25, -0.2) is 0 Å². The molecule has 1 aromatic heterocycles. The molecule has 0 aromatic carbocycles. The van der Waals surface area contributed by atoms with Crippen molar-refractivity contribution in [3.63, 3.8) is 0 Å². The summed E-state index contributed by atoms with van der Waals surface area (Å²) in [6.07, 6.45) is 3.78. The Kier molecular flexibility index (Phi) is 3.85. The molecule has 0 radical (unpaired) electrons. The van der Waals surface area contributed by atoms with Gasteiger partial charge >= 0.3 is 0 Å². The zero-order valence-corrected chi connectivity index (χ0v) is 12.3. The molecule has 94 valence electrons. The molecule has 1 aliphatic heterocycles. The van der Waals surface area contributed by atoms with E-state index < -0.39 is 0 Å². The first kappa shape index (κ1) is 13.0. The van der Waals surface area contributed by atoms with E-state index in [4.69, 9.17) is 0 Å². The second kappa shape index (κ2) is 5.04. The predicted molar refractivity (Wildman–Crippen MR) is 73.9 cm³/mol. The van der Waals surface area contributed by atoms with Crippen LogP contribution >= 0.6 is 15.9 Å². The molecular formula is C13H20BrN3. The van der Waals surface area contributed by atoms with Crippen LogP contribution < -0.4 is 5.32 Å². The van der Waals surface area contributed by atoms with Gasteiger partial charge in [-0.2, -0.15) is 0 Å². The first-order valence-corrected chi connectivity index (χ1v) is 6.84. The Hall–Kier alpha value is -0.450. The summed E-state index contributed by atoms with van der Waals surface area (Å²) in [5.74, 6) is 0. The van der Waals surface area contributed by atoms with Gasteiger partial charge in [0.25, 0.3) is 0 Å². The van der Waals surface area contributed by atoms with Gasteiger partial charge in [0, 0.05) is 48.1 Å². The Balaban J connectivity index is 2.11. The lowest BCUT2D eigenvalue weighted by atomic mass is 9.97. The summed E-state index contributed by atoms with van der Waals surface area (Å²) in [5, 5.41) is 3.53. The van der Waals surface area contributed by atoms with E-state index in [-0.39, 0.29) is 5.54 Å². The normalized spacial score (nSPS) is 24.8. The van der Waals surface area contributed by atoms with Crippen molar-refractivity contribution in [2.45, 2.75) is 38.9 Å². The number of nitrogens with one attached hydrogen (secondary N) is 1. The lowest BCUT2D eigenvalue weighted by Crippen LogP contribution is -2.60. The minimum absolute atomic E-state index is 0.203. The van der Waals surface area contributed by atoms with Crippen LogP contribution in [0.5, 0.6) is 0 Å². The van der Waals surface area contributed by atoms with Gasteiger partial charge in [-0.05, 0) is 48.3 Å². The third kappa shape index (κ3) is 3.27. The van der Waals surface area contributed by atoms with Crippen LogP contribution in [0.3, 0.4) is 0 Å². The summed E-state index contributed by atoms with van der Waals surface area (Å²) in [5.41, 5.74) is 1.47. The number of hydrogen-bond acceptors (Lipinski definition) is 3. The van der Waals surface area contributed by atoms with E-state index in [1.807, 2.05) is 12.4 Å². The summed E-state index contributed by atoms with van der Waals surface area (Å²) < 4.78 is 1.05. The van der Waals surface area contributed by atoms with Crippen molar-refractivity contribution in [2.75, 3.05) is 13.1 Å². The van der Waals surface area contributed by atoms with E-state index in [1.165, 1.54) is 5.56 Å². The van der Waals surface area contributed by atoms with Crippen LogP contribution in [0.1, 0.15) is 26.3 Å². The Morgan fingerprint density at radius 2 is 2.29 bits per heavy atom. The van der Waals surface area contributed by atoms with Gasteiger partial charge in [-0.15, -0.1) is 0 Å². The molecule has 4 heteroatoms. The van der Waals surface area contributed by atoms with Crippen LogP contribution in [-0.4, -0.2) is 34.6 Å². The highest BCUT2D eigenvalue weighted by molar-refractivity contribution is 9.10. The van der Waals surface area contributed by atoms with Crippen molar-refractivity contribution >= 4 is 15.9 Å². The maximum absolute atomic E-state index is 4.23. The number of halogens is 1. The molecule has 0 spiro atoms. The summed E-state index contributed by atoms with van der Waals surface area (Å²) in [6.45, 7) is 9.90. The lowest BCUT2D eigenvalue weighted by Gasteiger charge is -2.45. The molecule has 1 saturated heterocycles. The monoisotopic (exact) mass is 297 g/mol. The molecule has 3 nitrogen and oxygen atoms in total.